The first kappa shape index (κ1) is 18.0. The molecule has 0 spiro atoms. The number of aryl methyl sites for hydroxylation is 1. The summed E-state index contributed by atoms with van der Waals surface area (Å²) in [6.45, 7) is 1.98. The van der Waals surface area contributed by atoms with Crippen molar-refractivity contribution >= 4 is 57.1 Å². The molecule has 1 aromatic carbocycles. The van der Waals surface area contributed by atoms with E-state index in [1.165, 1.54) is 0 Å². The SMILES string of the molecule is Cc1ccccc1C(I)C(=O)OC1CCC(I)(C(=O)O)CC1. The number of hydrogen-bond donors (Lipinski definition) is 1. The Labute approximate surface area is 157 Å². The highest BCUT2D eigenvalue weighted by atomic mass is 127. The van der Waals surface area contributed by atoms with Crippen LogP contribution < -0.4 is 0 Å². The van der Waals surface area contributed by atoms with Crippen LogP contribution in [0.2, 0.25) is 0 Å². The lowest BCUT2D eigenvalue weighted by molar-refractivity contribution is -0.150. The van der Waals surface area contributed by atoms with E-state index in [2.05, 4.69) is 22.6 Å². The summed E-state index contributed by atoms with van der Waals surface area (Å²) in [6, 6.07) is 7.78. The number of carbonyl (C=O) groups is 2. The maximum atomic E-state index is 12.3. The second-order valence-corrected chi connectivity index (χ2v) is 8.94. The molecule has 1 fully saturated rings. The Morgan fingerprint density at radius 3 is 2.45 bits per heavy atom. The van der Waals surface area contributed by atoms with E-state index in [0.717, 1.165) is 11.1 Å². The van der Waals surface area contributed by atoms with E-state index in [9.17, 15) is 14.7 Å². The fourth-order valence-electron chi connectivity index (χ4n) is 2.60. The Hall–Kier alpha value is -0.380. The van der Waals surface area contributed by atoms with Gasteiger partial charge < -0.3 is 9.84 Å². The second-order valence-electron chi connectivity index (χ2n) is 5.63. The number of carboxylic acids is 1. The Kier molecular flexibility index (Phi) is 6.09. The van der Waals surface area contributed by atoms with E-state index < -0.39 is 9.39 Å². The third-order valence-corrected chi connectivity index (χ3v) is 6.78. The van der Waals surface area contributed by atoms with E-state index in [1.807, 2.05) is 53.8 Å². The number of aliphatic carboxylic acids is 1. The Morgan fingerprint density at radius 1 is 1.32 bits per heavy atom. The maximum Gasteiger partial charge on any atom is 0.323 e. The minimum atomic E-state index is -0.774. The minimum absolute atomic E-state index is 0.170. The van der Waals surface area contributed by atoms with Gasteiger partial charge in [0.15, 0.2) is 0 Å². The molecule has 0 heterocycles. The standard InChI is InChI=1S/C16H18I2O4/c1-10-4-2-3-5-12(10)13(17)14(19)22-11-6-8-16(18,9-7-11)15(20)21/h2-5,11,13H,6-9H2,1H3,(H,20,21). The van der Waals surface area contributed by atoms with Gasteiger partial charge in [-0.1, -0.05) is 69.4 Å². The van der Waals surface area contributed by atoms with Gasteiger partial charge in [-0.25, -0.2) is 0 Å². The van der Waals surface area contributed by atoms with Gasteiger partial charge in [0.25, 0.3) is 0 Å². The van der Waals surface area contributed by atoms with Crippen LogP contribution in [-0.4, -0.2) is 26.6 Å². The minimum Gasteiger partial charge on any atom is -0.480 e. The van der Waals surface area contributed by atoms with E-state index in [4.69, 9.17) is 4.74 Å². The zero-order chi connectivity index (χ0) is 16.3. The van der Waals surface area contributed by atoms with Crippen molar-refractivity contribution < 1.29 is 19.4 Å². The van der Waals surface area contributed by atoms with Crippen LogP contribution in [-0.2, 0) is 14.3 Å². The molecular weight excluding hydrogens is 510 g/mol. The van der Waals surface area contributed by atoms with Crippen LogP contribution in [0.5, 0.6) is 0 Å². The normalized spacial score (nSPS) is 26.2. The summed E-state index contributed by atoms with van der Waals surface area (Å²) in [7, 11) is 0. The van der Waals surface area contributed by atoms with Crippen molar-refractivity contribution in [3.63, 3.8) is 0 Å². The molecule has 2 rings (SSSR count). The molecule has 1 aromatic rings. The lowest BCUT2D eigenvalue weighted by atomic mass is 9.87. The maximum absolute atomic E-state index is 12.3. The summed E-state index contributed by atoms with van der Waals surface area (Å²) in [5.74, 6) is -1.01. The molecule has 0 aromatic heterocycles. The van der Waals surface area contributed by atoms with Crippen LogP contribution in [0.25, 0.3) is 0 Å². The van der Waals surface area contributed by atoms with Crippen LogP contribution in [0.1, 0.15) is 40.7 Å². The van der Waals surface area contributed by atoms with Gasteiger partial charge in [-0.15, -0.1) is 0 Å². The predicted octanol–water partition coefficient (Wildman–Crippen LogP) is 4.22. The molecule has 0 bridgehead atoms. The first-order chi connectivity index (χ1) is 10.3. The van der Waals surface area contributed by atoms with Crippen molar-refractivity contribution in [1.82, 2.24) is 0 Å². The summed E-state index contributed by atoms with van der Waals surface area (Å²) in [4.78, 5) is 23.5. The molecule has 0 radical (unpaired) electrons. The molecule has 4 nitrogen and oxygen atoms in total. The van der Waals surface area contributed by atoms with Crippen LogP contribution >= 0.6 is 45.2 Å². The number of hydrogen-bond acceptors (Lipinski definition) is 3. The number of ether oxygens (including phenoxy) is 1. The van der Waals surface area contributed by atoms with Crippen LogP contribution in [0.15, 0.2) is 24.3 Å². The number of carbonyl (C=O) groups excluding carboxylic acids is 1. The molecule has 0 saturated heterocycles. The summed E-state index contributed by atoms with van der Waals surface area (Å²) < 4.78 is 4.56. The van der Waals surface area contributed by atoms with Crippen molar-refractivity contribution in [2.45, 2.75) is 46.1 Å². The van der Waals surface area contributed by atoms with E-state index in [-0.39, 0.29) is 16.0 Å². The predicted molar refractivity (Wildman–Crippen MR) is 101 cm³/mol. The number of carboxylic acid groups (broad SMARTS) is 1. The number of benzene rings is 1. The quantitative estimate of drug-likeness (QED) is 0.362. The molecule has 6 heteroatoms. The molecule has 1 saturated carbocycles. The molecule has 1 N–H and O–H groups in total. The zero-order valence-electron chi connectivity index (χ0n) is 12.2. The lowest BCUT2D eigenvalue weighted by Gasteiger charge is -2.32. The van der Waals surface area contributed by atoms with E-state index in [1.54, 1.807) is 0 Å². The highest BCUT2D eigenvalue weighted by molar-refractivity contribution is 14.1. The van der Waals surface area contributed by atoms with Crippen LogP contribution in [0.3, 0.4) is 0 Å². The fourth-order valence-corrected chi connectivity index (χ4v) is 4.07. The van der Waals surface area contributed by atoms with Crippen molar-refractivity contribution in [3.05, 3.63) is 35.4 Å². The van der Waals surface area contributed by atoms with Gasteiger partial charge in [0, 0.05) is 0 Å². The number of halogens is 2. The summed E-state index contributed by atoms with van der Waals surface area (Å²) in [6.07, 6.45) is 2.13. The van der Waals surface area contributed by atoms with Crippen molar-refractivity contribution in [3.8, 4) is 0 Å². The fraction of sp³-hybridized carbons (Fsp3) is 0.500. The van der Waals surface area contributed by atoms with Crippen molar-refractivity contribution in [2.24, 2.45) is 0 Å². The molecule has 120 valence electrons. The second kappa shape index (κ2) is 7.46. The average molecular weight is 528 g/mol. The topological polar surface area (TPSA) is 63.6 Å². The van der Waals surface area contributed by atoms with Gasteiger partial charge in [-0.2, -0.15) is 0 Å². The molecule has 1 aliphatic carbocycles. The monoisotopic (exact) mass is 528 g/mol. The summed E-state index contributed by atoms with van der Waals surface area (Å²) in [5, 5.41) is 9.22. The van der Waals surface area contributed by atoms with Gasteiger partial charge in [0.1, 0.15) is 13.5 Å². The van der Waals surface area contributed by atoms with Gasteiger partial charge >= 0.3 is 11.9 Å². The molecule has 1 unspecified atom stereocenters. The molecule has 0 amide bonds. The zero-order valence-corrected chi connectivity index (χ0v) is 16.5. The van der Waals surface area contributed by atoms with Crippen LogP contribution in [0, 0.1) is 6.92 Å². The van der Waals surface area contributed by atoms with E-state index >= 15 is 0 Å². The third-order valence-electron chi connectivity index (χ3n) is 4.06. The molecular formula is C16H18I2O4. The van der Waals surface area contributed by atoms with Crippen molar-refractivity contribution in [2.75, 3.05) is 0 Å². The first-order valence-electron chi connectivity index (χ1n) is 7.16. The largest absolute Gasteiger partial charge is 0.480 e. The van der Waals surface area contributed by atoms with Gasteiger partial charge in [0.2, 0.25) is 0 Å². The van der Waals surface area contributed by atoms with Gasteiger partial charge in [0.05, 0.1) is 0 Å². The Morgan fingerprint density at radius 2 is 1.91 bits per heavy atom. The third kappa shape index (κ3) is 4.12. The summed E-state index contributed by atoms with van der Waals surface area (Å²) >= 11 is 4.11. The number of alkyl halides is 2. The molecule has 22 heavy (non-hydrogen) atoms. The highest BCUT2D eigenvalue weighted by Crippen LogP contribution is 2.38. The molecule has 1 atom stereocenters. The average Bonchev–Trinajstić information content (AvgIpc) is 2.49. The van der Waals surface area contributed by atoms with E-state index in [0.29, 0.717) is 25.7 Å². The number of esters is 1. The van der Waals surface area contributed by atoms with Crippen molar-refractivity contribution in [1.29, 1.82) is 0 Å². The summed E-state index contributed by atoms with van der Waals surface area (Å²) in [5.41, 5.74) is 2.04. The Bertz CT molecular complexity index is 565. The smallest absolute Gasteiger partial charge is 0.323 e. The highest BCUT2D eigenvalue weighted by Gasteiger charge is 2.40. The molecule has 1 aliphatic rings. The van der Waals surface area contributed by atoms with Crippen LogP contribution in [0.4, 0.5) is 0 Å². The van der Waals surface area contributed by atoms with Gasteiger partial charge in [-0.3, -0.25) is 9.59 Å². The van der Waals surface area contributed by atoms with Gasteiger partial charge in [-0.05, 0) is 43.7 Å². The molecule has 0 aliphatic heterocycles. The first-order valence-corrected chi connectivity index (χ1v) is 9.48. The lowest BCUT2D eigenvalue weighted by Crippen LogP contribution is -2.39. The Balaban J connectivity index is 1.94. The number of rotatable bonds is 4.